The van der Waals surface area contributed by atoms with Gasteiger partial charge in [-0.25, -0.2) is 18.6 Å². The van der Waals surface area contributed by atoms with E-state index in [4.69, 9.17) is 11.6 Å². The Morgan fingerprint density at radius 1 is 1.69 bits per heavy atom. The maximum Gasteiger partial charge on any atom is 0.357 e. The van der Waals surface area contributed by atoms with Crippen LogP contribution in [-0.4, -0.2) is 17.6 Å². The normalized spacial score (nSPS) is 10.6. The molecule has 0 bridgehead atoms. The first-order chi connectivity index (χ1) is 7.47. The number of nitrogens with zero attached hydrogens (tertiary/aromatic N) is 1. The molecule has 88 valence electrons. The van der Waals surface area contributed by atoms with E-state index in [2.05, 4.69) is 25.7 Å². The number of carbonyl (C=O) groups excluding carboxylic acids is 1. The number of hydrogen-bond donors (Lipinski definition) is 0. The van der Waals surface area contributed by atoms with Gasteiger partial charge in [-0.3, -0.25) is 0 Å². The Morgan fingerprint density at radius 3 is 2.81 bits per heavy atom. The Balaban J connectivity index is 3.24. The Hall–Kier alpha value is -0.750. The number of esters is 1. The summed E-state index contributed by atoms with van der Waals surface area (Å²) in [5, 5.41) is -0.0625. The molecule has 1 heterocycles. The molecule has 0 saturated carbocycles. The maximum absolute atomic E-state index is 12.6. The van der Waals surface area contributed by atoms with Crippen molar-refractivity contribution in [3.05, 3.63) is 26.9 Å². The van der Waals surface area contributed by atoms with Gasteiger partial charge in [0.2, 0.25) is 0 Å². The monoisotopic (exact) mass is 313 g/mol. The minimum Gasteiger partial charge on any atom is -0.461 e. The van der Waals surface area contributed by atoms with Crippen LogP contribution in [0.15, 0.2) is 10.5 Å². The molecule has 0 unspecified atom stereocenters. The SMILES string of the molecule is CCOC(=O)c1nc(Cl)c(Br)cc1C(F)F. The van der Waals surface area contributed by atoms with Crippen LogP contribution in [0.25, 0.3) is 0 Å². The van der Waals surface area contributed by atoms with Crippen LogP contribution in [-0.2, 0) is 4.74 Å². The van der Waals surface area contributed by atoms with Gasteiger partial charge in [0, 0.05) is 0 Å². The molecule has 0 N–H and O–H groups in total. The van der Waals surface area contributed by atoms with Crippen molar-refractivity contribution in [1.29, 1.82) is 0 Å². The molecule has 0 aliphatic heterocycles. The number of carbonyl (C=O) groups is 1. The van der Waals surface area contributed by atoms with E-state index in [1.807, 2.05) is 0 Å². The van der Waals surface area contributed by atoms with E-state index < -0.39 is 23.7 Å². The van der Waals surface area contributed by atoms with Crippen molar-refractivity contribution in [1.82, 2.24) is 4.98 Å². The number of aromatic nitrogens is 1. The molecule has 0 aliphatic carbocycles. The summed E-state index contributed by atoms with van der Waals surface area (Å²) in [6.07, 6.45) is -2.82. The molecule has 0 fully saturated rings. The van der Waals surface area contributed by atoms with Crippen LogP contribution in [0.2, 0.25) is 5.15 Å². The molecule has 1 aromatic heterocycles. The highest BCUT2D eigenvalue weighted by Crippen LogP contribution is 2.29. The van der Waals surface area contributed by atoms with Gasteiger partial charge < -0.3 is 4.74 Å². The third-order valence-corrected chi connectivity index (χ3v) is 2.79. The predicted octanol–water partition coefficient (Wildman–Crippen LogP) is 3.61. The number of halogens is 4. The van der Waals surface area contributed by atoms with Gasteiger partial charge in [0.15, 0.2) is 5.69 Å². The van der Waals surface area contributed by atoms with E-state index in [0.717, 1.165) is 6.07 Å². The van der Waals surface area contributed by atoms with Crippen molar-refractivity contribution in [2.75, 3.05) is 6.61 Å². The highest BCUT2D eigenvalue weighted by molar-refractivity contribution is 9.10. The van der Waals surface area contributed by atoms with Crippen molar-refractivity contribution in [3.8, 4) is 0 Å². The van der Waals surface area contributed by atoms with Gasteiger partial charge in [-0.05, 0) is 28.9 Å². The van der Waals surface area contributed by atoms with Crippen molar-refractivity contribution in [3.63, 3.8) is 0 Å². The molecule has 16 heavy (non-hydrogen) atoms. The lowest BCUT2D eigenvalue weighted by atomic mass is 10.2. The van der Waals surface area contributed by atoms with E-state index >= 15 is 0 Å². The van der Waals surface area contributed by atoms with Crippen LogP contribution in [0.3, 0.4) is 0 Å². The Kier molecular flexibility index (Phi) is 4.61. The van der Waals surface area contributed by atoms with Gasteiger partial charge in [-0.1, -0.05) is 11.6 Å². The lowest BCUT2D eigenvalue weighted by Crippen LogP contribution is -2.11. The summed E-state index contributed by atoms with van der Waals surface area (Å²) in [6.45, 7) is 1.65. The molecular formula is C9H7BrClF2NO2. The molecule has 3 nitrogen and oxygen atoms in total. The van der Waals surface area contributed by atoms with Crippen molar-refractivity contribution in [2.24, 2.45) is 0 Å². The molecule has 7 heteroatoms. The van der Waals surface area contributed by atoms with Crippen LogP contribution >= 0.6 is 27.5 Å². The Bertz CT molecular complexity index is 415. The van der Waals surface area contributed by atoms with Gasteiger partial charge in [0.25, 0.3) is 6.43 Å². The van der Waals surface area contributed by atoms with Crippen molar-refractivity contribution in [2.45, 2.75) is 13.3 Å². The molecule has 0 aromatic carbocycles. The standard InChI is InChI=1S/C9H7BrClF2NO2/c1-2-16-9(15)6-4(8(12)13)3-5(10)7(11)14-6/h3,8H,2H2,1H3. The lowest BCUT2D eigenvalue weighted by Gasteiger charge is -2.08. The van der Waals surface area contributed by atoms with E-state index in [1.165, 1.54) is 0 Å². The number of ether oxygens (including phenoxy) is 1. The zero-order chi connectivity index (χ0) is 12.3. The number of pyridine rings is 1. The van der Waals surface area contributed by atoms with Crippen molar-refractivity contribution < 1.29 is 18.3 Å². The van der Waals surface area contributed by atoms with Gasteiger partial charge in [0.1, 0.15) is 5.15 Å². The number of hydrogen-bond acceptors (Lipinski definition) is 3. The van der Waals surface area contributed by atoms with E-state index in [1.54, 1.807) is 6.92 Å². The third-order valence-electron chi connectivity index (χ3n) is 1.67. The first-order valence-corrected chi connectivity index (χ1v) is 5.45. The maximum atomic E-state index is 12.6. The van der Waals surface area contributed by atoms with Gasteiger partial charge in [0.05, 0.1) is 16.6 Å². The summed E-state index contributed by atoms with van der Waals surface area (Å²) < 4.78 is 30.1. The lowest BCUT2D eigenvalue weighted by molar-refractivity contribution is 0.0507. The topological polar surface area (TPSA) is 39.2 Å². The van der Waals surface area contributed by atoms with Crippen molar-refractivity contribution >= 4 is 33.5 Å². The molecule has 0 radical (unpaired) electrons. The summed E-state index contributed by atoms with van der Waals surface area (Å²) in [4.78, 5) is 14.9. The van der Waals surface area contributed by atoms with Crippen LogP contribution in [0.1, 0.15) is 29.4 Å². The smallest absolute Gasteiger partial charge is 0.357 e. The fourth-order valence-electron chi connectivity index (χ4n) is 1.01. The summed E-state index contributed by atoms with van der Waals surface area (Å²) in [6, 6.07) is 1.06. The second-order valence-corrected chi connectivity index (χ2v) is 3.93. The second kappa shape index (κ2) is 5.54. The number of alkyl halides is 2. The van der Waals surface area contributed by atoms with E-state index in [9.17, 15) is 13.6 Å². The molecule has 1 aromatic rings. The zero-order valence-electron chi connectivity index (χ0n) is 8.14. The second-order valence-electron chi connectivity index (χ2n) is 2.72. The third kappa shape index (κ3) is 2.89. The van der Waals surface area contributed by atoms with Crippen LogP contribution < -0.4 is 0 Å². The molecule has 0 spiro atoms. The quantitative estimate of drug-likeness (QED) is 0.632. The first kappa shape index (κ1) is 13.3. The molecule has 0 amide bonds. The molecule has 0 atom stereocenters. The summed E-state index contributed by atoms with van der Waals surface area (Å²) >= 11 is 8.58. The fourth-order valence-corrected chi connectivity index (χ4v) is 1.48. The first-order valence-electron chi connectivity index (χ1n) is 4.28. The molecule has 0 saturated heterocycles. The average molecular weight is 315 g/mol. The van der Waals surface area contributed by atoms with Crippen LogP contribution in [0.4, 0.5) is 8.78 Å². The van der Waals surface area contributed by atoms with E-state index in [0.29, 0.717) is 0 Å². The number of rotatable bonds is 3. The highest BCUT2D eigenvalue weighted by Gasteiger charge is 2.23. The Labute approximate surface area is 104 Å². The minimum absolute atomic E-state index is 0.0625. The van der Waals surface area contributed by atoms with Gasteiger partial charge >= 0.3 is 5.97 Å². The summed E-state index contributed by atoms with van der Waals surface area (Å²) in [5.41, 5.74) is -0.959. The van der Waals surface area contributed by atoms with E-state index in [-0.39, 0.29) is 16.2 Å². The van der Waals surface area contributed by atoms with Gasteiger partial charge in [-0.2, -0.15) is 0 Å². The average Bonchev–Trinajstić information content (AvgIpc) is 2.21. The molecule has 1 rings (SSSR count). The summed E-state index contributed by atoms with van der Waals surface area (Å²) in [5.74, 6) is -0.910. The van der Waals surface area contributed by atoms with Gasteiger partial charge in [-0.15, -0.1) is 0 Å². The van der Waals surface area contributed by atoms with Crippen LogP contribution in [0, 0.1) is 0 Å². The fraction of sp³-hybridized carbons (Fsp3) is 0.333. The van der Waals surface area contributed by atoms with Crippen LogP contribution in [0.5, 0.6) is 0 Å². The minimum atomic E-state index is -2.82. The Morgan fingerprint density at radius 2 is 2.31 bits per heavy atom. The zero-order valence-corrected chi connectivity index (χ0v) is 10.5. The molecule has 0 aliphatic rings. The largest absolute Gasteiger partial charge is 0.461 e. The summed E-state index contributed by atoms with van der Waals surface area (Å²) in [7, 11) is 0. The highest BCUT2D eigenvalue weighted by atomic mass is 79.9. The molecular weight excluding hydrogens is 307 g/mol. The predicted molar refractivity (Wildman–Crippen MR) is 57.9 cm³/mol.